The van der Waals surface area contributed by atoms with Gasteiger partial charge >= 0.3 is 0 Å². The van der Waals surface area contributed by atoms with E-state index in [2.05, 4.69) is 9.88 Å². The Kier molecular flexibility index (Phi) is 6.06. The lowest BCUT2D eigenvalue weighted by Gasteiger charge is -2.48. The number of sulfonamides is 1. The van der Waals surface area contributed by atoms with Crippen molar-refractivity contribution in [3.8, 4) is 0 Å². The predicted molar refractivity (Wildman–Crippen MR) is 117 cm³/mol. The standard InChI is InChI=1S/C21H24ClF3N4O2S/c1-28(2)11-13-6-7-21(13)8-9-29(12-21)15-10-14(23)20(19(25)18(15)22)32(30,31)27-17-5-3-4-16(24)26-17/h3-5,10,13H,6-9,11-12H2,1-2H3,(H,26,27)/t13-,21-/m1/s1. The van der Waals surface area contributed by atoms with E-state index < -0.39 is 43.3 Å². The summed E-state index contributed by atoms with van der Waals surface area (Å²) < 4.78 is 70.4. The second-order valence-electron chi connectivity index (χ2n) is 8.82. The first-order valence-corrected chi connectivity index (χ1v) is 12.1. The molecule has 2 fully saturated rings. The van der Waals surface area contributed by atoms with Crippen molar-refractivity contribution in [2.75, 3.05) is 43.4 Å². The number of anilines is 2. The molecule has 2 atom stereocenters. The highest BCUT2D eigenvalue weighted by molar-refractivity contribution is 7.92. The molecule has 1 aliphatic heterocycles. The fourth-order valence-electron chi connectivity index (χ4n) is 4.82. The van der Waals surface area contributed by atoms with Crippen LogP contribution in [0.5, 0.6) is 0 Å². The smallest absolute Gasteiger partial charge is 0.268 e. The summed E-state index contributed by atoms with van der Waals surface area (Å²) in [7, 11) is -0.689. The molecular weight excluding hydrogens is 465 g/mol. The zero-order valence-corrected chi connectivity index (χ0v) is 19.3. The van der Waals surface area contributed by atoms with Crippen molar-refractivity contribution in [1.82, 2.24) is 9.88 Å². The number of benzene rings is 1. The van der Waals surface area contributed by atoms with Gasteiger partial charge in [0, 0.05) is 25.7 Å². The van der Waals surface area contributed by atoms with Gasteiger partial charge in [-0.25, -0.2) is 22.2 Å². The monoisotopic (exact) mass is 488 g/mol. The highest BCUT2D eigenvalue weighted by atomic mass is 35.5. The summed E-state index contributed by atoms with van der Waals surface area (Å²) >= 11 is 6.20. The molecule has 0 bridgehead atoms. The van der Waals surface area contributed by atoms with Gasteiger partial charge in [-0.1, -0.05) is 17.7 Å². The van der Waals surface area contributed by atoms with E-state index in [0.29, 0.717) is 19.0 Å². The van der Waals surface area contributed by atoms with E-state index in [1.54, 1.807) is 0 Å². The van der Waals surface area contributed by atoms with Crippen molar-refractivity contribution in [3.05, 3.63) is 46.9 Å². The third-order valence-electron chi connectivity index (χ3n) is 6.49. The van der Waals surface area contributed by atoms with Crippen LogP contribution in [0.3, 0.4) is 0 Å². The summed E-state index contributed by atoms with van der Waals surface area (Å²) in [6.07, 6.45) is 3.04. The second kappa shape index (κ2) is 8.39. The van der Waals surface area contributed by atoms with Gasteiger partial charge in [0.05, 0.1) is 5.69 Å². The normalized spacial score (nSPS) is 23.1. The maximum absolute atomic E-state index is 15.1. The Bertz CT molecular complexity index is 1150. The van der Waals surface area contributed by atoms with Gasteiger partial charge in [0.15, 0.2) is 10.7 Å². The predicted octanol–water partition coefficient (Wildman–Crippen LogP) is 4.12. The molecule has 1 N–H and O–H groups in total. The minimum atomic E-state index is -4.73. The molecule has 174 valence electrons. The Morgan fingerprint density at radius 1 is 1.28 bits per heavy atom. The molecule has 1 saturated carbocycles. The molecule has 32 heavy (non-hydrogen) atoms. The lowest BCUT2D eigenvalue weighted by molar-refractivity contribution is 0.0332. The number of hydrogen-bond acceptors (Lipinski definition) is 5. The number of aromatic nitrogens is 1. The molecule has 2 heterocycles. The number of rotatable bonds is 6. The molecule has 6 nitrogen and oxygen atoms in total. The average Bonchev–Trinajstić information content (AvgIpc) is 3.15. The summed E-state index contributed by atoms with van der Waals surface area (Å²) in [4.78, 5) is 6.10. The van der Waals surface area contributed by atoms with Crippen LogP contribution in [0.2, 0.25) is 5.02 Å². The Balaban J connectivity index is 1.61. The van der Waals surface area contributed by atoms with Crippen molar-refractivity contribution in [3.63, 3.8) is 0 Å². The zero-order valence-electron chi connectivity index (χ0n) is 17.7. The maximum atomic E-state index is 15.1. The third-order valence-corrected chi connectivity index (χ3v) is 8.24. The van der Waals surface area contributed by atoms with Crippen molar-refractivity contribution in [2.45, 2.75) is 24.2 Å². The number of hydrogen-bond donors (Lipinski definition) is 1. The van der Waals surface area contributed by atoms with Gasteiger partial charge in [-0.2, -0.15) is 4.39 Å². The summed E-state index contributed by atoms with van der Waals surface area (Å²) in [6.45, 7) is 2.14. The van der Waals surface area contributed by atoms with E-state index in [0.717, 1.165) is 37.9 Å². The first-order chi connectivity index (χ1) is 15.0. The molecule has 2 aliphatic rings. The molecule has 1 saturated heterocycles. The first-order valence-electron chi connectivity index (χ1n) is 10.2. The van der Waals surface area contributed by atoms with Gasteiger partial charge in [-0.15, -0.1) is 0 Å². The molecule has 1 aromatic carbocycles. The molecule has 1 aliphatic carbocycles. The van der Waals surface area contributed by atoms with Crippen LogP contribution in [0.1, 0.15) is 19.3 Å². The Morgan fingerprint density at radius 3 is 2.66 bits per heavy atom. The summed E-state index contributed by atoms with van der Waals surface area (Å²) in [5.74, 6) is -3.50. The van der Waals surface area contributed by atoms with Crippen molar-refractivity contribution in [1.29, 1.82) is 0 Å². The van der Waals surface area contributed by atoms with Gasteiger partial charge < -0.3 is 9.80 Å². The highest BCUT2D eigenvalue weighted by Crippen LogP contribution is 2.54. The van der Waals surface area contributed by atoms with Gasteiger partial charge in [-0.3, -0.25) is 4.72 Å². The van der Waals surface area contributed by atoms with Crippen LogP contribution in [0, 0.1) is 28.9 Å². The van der Waals surface area contributed by atoms with Crippen LogP contribution in [0.4, 0.5) is 24.7 Å². The second-order valence-corrected chi connectivity index (χ2v) is 10.8. The van der Waals surface area contributed by atoms with Crippen LogP contribution in [-0.2, 0) is 10.0 Å². The molecule has 0 unspecified atom stereocenters. The van der Waals surface area contributed by atoms with E-state index >= 15 is 4.39 Å². The lowest BCUT2D eigenvalue weighted by atomic mass is 9.59. The van der Waals surface area contributed by atoms with Crippen molar-refractivity contribution < 1.29 is 21.6 Å². The Morgan fingerprint density at radius 2 is 2.03 bits per heavy atom. The minimum absolute atomic E-state index is 0.0793. The zero-order chi connectivity index (χ0) is 23.3. The molecule has 0 radical (unpaired) electrons. The third kappa shape index (κ3) is 4.15. The fourth-order valence-corrected chi connectivity index (χ4v) is 6.29. The first kappa shape index (κ1) is 23.1. The van der Waals surface area contributed by atoms with Crippen molar-refractivity contribution in [2.24, 2.45) is 11.3 Å². The van der Waals surface area contributed by atoms with E-state index in [1.807, 2.05) is 23.7 Å². The van der Waals surface area contributed by atoms with E-state index in [4.69, 9.17) is 11.6 Å². The maximum Gasteiger partial charge on any atom is 0.268 e. The number of nitrogens with zero attached hydrogens (tertiary/aromatic N) is 3. The quantitative estimate of drug-likeness (QED) is 0.489. The topological polar surface area (TPSA) is 65.5 Å². The SMILES string of the molecule is CN(C)C[C@H]1CC[C@]12CCN(c1cc(F)c(S(=O)(=O)Nc3cccc(F)n3)c(F)c1Cl)C2. The highest BCUT2D eigenvalue weighted by Gasteiger charge is 2.51. The van der Waals surface area contributed by atoms with Crippen molar-refractivity contribution >= 4 is 33.1 Å². The molecule has 4 rings (SSSR count). The fraction of sp³-hybridized carbons (Fsp3) is 0.476. The van der Waals surface area contributed by atoms with Crippen LogP contribution < -0.4 is 9.62 Å². The number of nitrogens with one attached hydrogen (secondary N) is 1. The van der Waals surface area contributed by atoms with Gasteiger partial charge in [0.2, 0.25) is 5.95 Å². The summed E-state index contributed by atoms with van der Waals surface area (Å²) in [6, 6.07) is 4.35. The Labute approximate surface area is 190 Å². The molecule has 1 spiro atoms. The van der Waals surface area contributed by atoms with Gasteiger partial charge in [-0.05, 0) is 56.8 Å². The van der Waals surface area contributed by atoms with E-state index in [1.165, 1.54) is 12.1 Å². The minimum Gasteiger partial charge on any atom is -0.370 e. The Hall–Kier alpha value is -2.04. The summed E-state index contributed by atoms with van der Waals surface area (Å²) in [5, 5.41) is -0.459. The van der Waals surface area contributed by atoms with Crippen LogP contribution in [-0.4, -0.2) is 52.0 Å². The number of halogens is 4. The summed E-state index contributed by atoms with van der Waals surface area (Å²) in [5.41, 5.74) is 0.215. The molecular formula is C21H24ClF3N4O2S. The molecule has 11 heteroatoms. The van der Waals surface area contributed by atoms with Crippen LogP contribution in [0.25, 0.3) is 0 Å². The van der Waals surface area contributed by atoms with Crippen LogP contribution >= 0.6 is 11.6 Å². The average molecular weight is 489 g/mol. The molecule has 0 amide bonds. The van der Waals surface area contributed by atoms with E-state index in [9.17, 15) is 17.2 Å². The van der Waals surface area contributed by atoms with Crippen LogP contribution in [0.15, 0.2) is 29.2 Å². The van der Waals surface area contributed by atoms with E-state index in [-0.39, 0.29) is 11.1 Å². The molecule has 2 aromatic rings. The van der Waals surface area contributed by atoms with Gasteiger partial charge in [0.25, 0.3) is 10.0 Å². The molecule has 1 aromatic heterocycles. The lowest BCUT2D eigenvalue weighted by Crippen LogP contribution is -2.47. The van der Waals surface area contributed by atoms with Gasteiger partial charge in [0.1, 0.15) is 16.7 Å². The largest absolute Gasteiger partial charge is 0.370 e. The number of pyridine rings is 1.